The van der Waals surface area contributed by atoms with Crippen molar-refractivity contribution in [3.63, 3.8) is 0 Å². The smallest absolute Gasteiger partial charge is 0.293 e. The molecule has 0 aliphatic carbocycles. The van der Waals surface area contributed by atoms with Crippen LogP contribution in [0.1, 0.15) is 16.1 Å². The fraction of sp³-hybridized carbons (Fsp3) is 0.105. The number of benzene rings is 2. The van der Waals surface area contributed by atoms with Crippen LogP contribution in [0.2, 0.25) is 0 Å². The molecule has 0 aliphatic heterocycles. The largest absolute Gasteiger partial charge is 0.497 e. The van der Waals surface area contributed by atoms with Gasteiger partial charge in [0.2, 0.25) is 0 Å². The maximum absolute atomic E-state index is 12.5. The van der Waals surface area contributed by atoms with Crippen LogP contribution in [0, 0.1) is 6.92 Å². The topological polar surface area (TPSA) is 81.4 Å². The van der Waals surface area contributed by atoms with Gasteiger partial charge in [0.1, 0.15) is 11.3 Å². The lowest BCUT2D eigenvalue weighted by molar-refractivity contribution is 0.0997. The summed E-state index contributed by atoms with van der Waals surface area (Å²) in [5, 5.41) is 3.56. The Bertz CT molecular complexity index is 1210. The number of carbonyl (C=O) groups is 1. The number of ether oxygens (including phenoxy) is 1. The van der Waals surface area contributed by atoms with Crippen molar-refractivity contribution in [1.82, 2.24) is 4.98 Å². The Morgan fingerprint density at radius 2 is 2.04 bits per heavy atom. The Hall–Kier alpha value is -3.19. The second kappa shape index (κ2) is 6.27. The van der Waals surface area contributed by atoms with Crippen LogP contribution >= 0.6 is 11.3 Å². The predicted molar refractivity (Wildman–Crippen MR) is 101 cm³/mol. The molecule has 0 atom stereocenters. The Morgan fingerprint density at radius 3 is 2.85 bits per heavy atom. The molecule has 0 aliphatic rings. The van der Waals surface area contributed by atoms with Gasteiger partial charge in [-0.25, -0.2) is 4.98 Å². The van der Waals surface area contributed by atoms with Gasteiger partial charge < -0.3 is 9.15 Å². The number of hydrogen-bond acceptors (Lipinski definition) is 6. The molecule has 0 radical (unpaired) electrons. The Morgan fingerprint density at radius 1 is 1.19 bits per heavy atom. The molecule has 26 heavy (non-hydrogen) atoms. The van der Waals surface area contributed by atoms with Gasteiger partial charge in [0, 0.05) is 6.07 Å². The Kier molecular flexibility index (Phi) is 3.93. The summed E-state index contributed by atoms with van der Waals surface area (Å²) in [6.07, 6.45) is 0. The summed E-state index contributed by atoms with van der Waals surface area (Å²) < 4.78 is 11.7. The fourth-order valence-corrected chi connectivity index (χ4v) is 3.52. The number of rotatable bonds is 3. The Labute approximate surface area is 152 Å². The number of fused-ring (bicyclic) bond motifs is 2. The molecule has 0 unspecified atom stereocenters. The number of nitrogens with zero attached hydrogens (tertiary/aromatic N) is 1. The van der Waals surface area contributed by atoms with E-state index in [1.165, 1.54) is 17.4 Å². The summed E-state index contributed by atoms with van der Waals surface area (Å²) in [5.41, 5.74) is 1.82. The lowest BCUT2D eigenvalue weighted by Crippen LogP contribution is -2.14. The number of thiazole rings is 1. The van der Waals surface area contributed by atoms with Crippen LogP contribution < -0.4 is 15.5 Å². The first kappa shape index (κ1) is 16.3. The minimum Gasteiger partial charge on any atom is -0.497 e. The third kappa shape index (κ3) is 2.93. The zero-order valence-corrected chi connectivity index (χ0v) is 14.8. The van der Waals surface area contributed by atoms with Crippen molar-refractivity contribution in [1.29, 1.82) is 0 Å². The van der Waals surface area contributed by atoms with E-state index in [0.717, 1.165) is 21.5 Å². The van der Waals surface area contributed by atoms with Crippen molar-refractivity contribution in [3.05, 3.63) is 64.0 Å². The van der Waals surface area contributed by atoms with Crippen molar-refractivity contribution in [2.45, 2.75) is 6.92 Å². The molecule has 2 aromatic carbocycles. The standard InChI is InChI=1S/C19H14N2O4S/c1-10-3-6-15-12(7-10)14(22)9-16(25-15)18(23)21-19-20-13-5-4-11(24-2)8-17(13)26-19/h3-9H,1-2H3,(H,20,21,23). The van der Waals surface area contributed by atoms with Gasteiger partial charge >= 0.3 is 0 Å². The molecular weight excluding hydrogens is 352 g/mol. The number of methoxy groups -OCH3 is 1. The third-order valence-electron chi connectivity index (χ3n) is 3.92. The van der Waals surface area contributed by atoms with Gasteiger partial charge in [0.05, 0.1) is 22.7 Å². The first-order valence-electron chi connectivity index (χ1n) is 7.84. The van der Waals surface area contributed by atoms with Gasteiger partial charge in [0.25, 0.3) is 5.91 Å². The highest BCUT2D eigenvalue weighted by atomic mass is 32.1. The number of hydrogen-bond donors (Lipinski definition) is 1. The first-order chi connectivity index (χ1) is 12.5. The number of aryl methyl sites for hydroxylation is 1. The zero-order chi connectivity index (χ0) is 18.3. The summed E-state index contributed by atoms with van der Waals surface area (Å²) >= 11 is 1.32. The molecular formula is C19H14N2O4S. The summed E-state index contributed by atoms with van der Waals surface area (Å²) in [6, 6.07) is 11.9. The van der Waals surface area contributed by atoms with Gasteiger partial charge in [-0.3, -0.25) is 14.9 Å². The van der Waals surface area contributed by atoms with Crippen LogP contribution in [0.4, 0.5) is 5.13 Å². The van der Waals surface area contributed by atoms with Crippen molar-refractivity contribution in [3.8, 4) is 5.75 Å². The van der Waals surface area contributed by atoms with E-state index in [9.17, 15) is 9.59 Å². The third-order valence-corrected chi connectivity index (χ3v) is 4.86. The highest BCUT2D eigenvalue weighted by Crippen LogP contribution is 2.29. The average molecular weight is 366 g/mol. The van der Waals surface area contributed by atoms with Crippen LogP contribution in [-0.2, 0) is 0 Å². The molecule has 1 N–H and O–H groups in total. The molecule has 2 aromatic heterocycles. The minimum absolute atomic E-state index is 0.0526. The van der Waals surface area contributed by atoms with E-state index in [-0.39, 0.29) is 11.2 Å². The molecule has 1 amide bonds. The van der Waals surface area contributed by atoms with Crippen molar-refractivity contribution < 1.29 is 13.9 Å². The van der Waals surface area contributed by atoms with Gasteiger partial charge in [-0.05, 0) is 37.3 Å². The lowest BCUT2D eigenvalue weighted by Gasteiger charge is -2.03. The fourth-order valence-electron chi connectivity index (χ4n) is 2.63. The molecule has 0 bridgehead atoms. The van der Waals surface area contributed by atoms with E-state index in [4.69, 9.17) is 9.15 Å². The molecule has 130 valence electrons. The Balaban J connectivity index is 1.67. The highest BCUT2D eigenvalue weighted by molar-refractivity contribution is 7.22. The molecule has 7 heteroatoms. The molecule has 6 nitrogen and oxygen atoms in total. The van der Waals surface area contributed by atoms with Gasteiger partial charge in [-0.15, -0.1) is 0 Å². The molecule has 2 heterocycles. The van der Waals surface area contributed by atoms with E-state index >= 15 is 0 Å². The van der Waals surface area contributed by atoms with E-state index < -0.39 is 5.91 Å². The minimum atomic E-state index is -0.518. The summed E-state index contributed by atoms with van der Waals surface area (Å²) in [6.45, 7) is 1.89. The maximum atomic E-state index is 12.5. The quantitative estimate of drug-likeness (QED) is 0.593. The van der Waals surface area contributed by atoms with E-state index in [0.29, 0.717) is 16.1 Å². The number of amides is 1. The van der Waals surface area contributed by atoms with Gasteiger partial charge in [-0.2, -0.15) is 0 Å². The number of anilines is 1. The summed E-state index contributed by atoms with van der Waals surface area (Å²) in [4.78, 5) is 29.1. The number of nitrogens with one attached hydrogen (secondary N) is 1. The van der Waals surface area contributed by atoms with Crippen LogP contribution in [0.5, 0.6) is 5.75 Å². The molecule has 0 fully saturated rings. The molecule has 4 aromatic rings. The van der Waals surface area contributed by atoms with E-state index in [1.807, 2.05) is 25.1 Å². The SMILES string of the molecule is COc1ccc2nc(NC(=O)c3cc(=O)c4cc(C)ccc4o3)sc2c1. The van der Waals surface area contributed by atoms with Gasteiger partial charge in [-0.1, -0.05) is 23.0 Å². The second-order valence-corrected chi connectivity index (χ2v) is 6.81. The van der Waals surface area contributed by atoms with Crippen LogP contribution in [-0.4, -0.2) is 18.0 Å². The average Bonchev–Trinajstić information content (AvgIpc) is 3.03. The number of aromatic nitrogens is 1. The van der Waals surface area contributed by atoms with Crippen LogP contribution in [0.3, 0.4) is 0 Å². The summed E-state index contributed by atoms with van der Waals surface area (Å²) in [5.74, 6) is 0.147. The first-order valence-corrected chi connectivity index (χ1v) is 8.65. The second-order valence-electron chi connectivity index (χ2n) is 5.78. The molecule has 0 saturated heterocycles. The normalized spacial score (nSPS) is 11.0. The highest BCUT2D eigenvalue weighted by Gasteiger charge is 2.15. The van der Waals surface area contributed by atoms with Crippen LogP contribution in [0.15, 0.2) is 51.7 Å². The van der Waals surface area contributed by atoms with Crippen molar-refractivity contribution >= 4 is 43.6 Å². The van der Waals surface area contributed by atoms with Crippen molar-refractivity contribution in [2.24, 2.45) is 0 Å². The molecule has 0 spiro atoms. The van der Waals surface area contributed by atoms with E-state index in [1.54, 1.807) is 25.3 Å². The lowest BCUT2D eigenvalue weighted by atomic mass is 10.1. The maximum Gasteiger partial charge on any atom is 0.293 e. The van der Waals surface area contributed by atoms with Crippen LogP contribution in [0.25, 0.3) is 21.2 Å². The summed E-state index contributed by atoms with van der Waals surface area (Å²) in [7, 11) is 1.59. The van der Waals surface area contributed by atoms with Crippen molar-refractivity contribution in [2.75, 3.05) is 12.4 Å². The monoisotopic (exact) mass is 366 g/mol. The molecule has 0 saturated carbocycles. The molecule has 4 rings (SSSR count). The predicted octanol–water partition coefficient (Wildman–Crippen LogP) is 3.97. The number of carbonyl (C=O) groups excluding carboxylic acids is 1. The van der Waals surface area contributed by atoms with E-state index in [2.05, 4.69) is 10.3 Å². The zero-order valence-electron chi connectivity index (χ0n) is 14.0. The van der Waals surface area contributed by atoms with Gasteiger partial charge in [0.15, 0.2) is 16.3 Å².